The molecule has 2 atom stereocenters. The molecule has 2 amide bonds. The maximum atomic E-state index is 13.0. The first-order chi connectivity index (χ1) is 9.68. The molecule has 2 heterocycles. The summed E-state index contributed by atoms with van der Waals surface area (Å²) in [6.45, 7) is 4.90. The average molecular weight is 301 g/mol. The van der Waals surface area contributed by atoms with E-state index in [0.29, 0.717) is 0 Å². The molecule has 1 aliphatic heterocycles. The van der Waals surface area contributed by atoms with E-state index in [1.54, 1.807) is 6.92 Å². The number of carbonyl (C=O) groups excluding carboxylic acids is 1. The molecule has 114 valence electrons. The molecule has 2 unspecified atom stereocenters. The summed E-state index contributed by atoms with van der Waals surface area (Å²) in [5.74, 6) is -0.248. The average Bonchev–Trinajstić information content (AvgIpc) is 2.61. The molecule has 8 heteroatoms. The van der Waals surface area contributed by atoms with Gasteiger partial charge in [0.05, 0.1) is 11.6 Å². The van der Waals surface area contributed by atoms with Gasteiger partial charge in [-0.05, 0) is 13.0 Å². The van der Waals surface area contributed by atoms with Crippen LogP contribution in [0.25, 0.3) is 6.08 Å². The Morgan fingerprint density at radius 3 is 2.52 bits per heavy atom. The third kappa shape index (κ3) is 2.46. The highest BCUT2D eigenvalue weighted by atomic mass is 19.4. The summed E-state index contributed by atoms with van der Waals surface area (Å²) in [4.78, 5) is 17.9. The Bertz CT molecular complexity index is 589. The molecule has 0 bridgehead atoms. The molecule has 21 heavy (non-hydrogen) atoms. The molecule has 0 saturated carbocycles. The van der Waals surface area contributed by atoms with Crippen molar-refractivity contribution in [1.29, 1.82) is 0 Å². The van der Waals surface area contributed by atoms with Crippen molar-refractivity contribution >= 4 is 17.9 Å². The van der Waals surface area contributed by atoms with E-state index in [4.69, 9.17) is 0 Å². The quantitative estimate of drug-likeness (QED) is 0.912. The number of nitrogens with zero attached hydrogens (tertiary/aromatic N) is 3. The highest BCUT2D eigenvalue weighted by Gasteiger charge is 2.43. The largest absolute Gasteiger partial charge is 0.417 e. The molecule has 0 aliphatic carbocycles. The van der Waals surface area contributed by atoms with Gasteiger partial charge in [0.25, 0.3) is 0 Å². The lowest BCUT2D eigenvalue weighted by Crippen LogP contribution is -2.36. The minimum atomic E-state index is -4.60. The summed E-state index contributed by atoms with van der Waals surface area (Å²) in [5, 5.41) is 9.99. The van der Waals surface area contributed by atoms with Crippen LogP contribution in [0.4, 0.5) is 23.8 Å². The predicted molar refractivity (Wildman–Crippen MR) is 70.4 cm³/mol. The third-order valence-electron chi connectivity index (χ3n) is 3.51. The van der Waals surface area contributed by atoms with Crippen molar-refractivity contribution in [2.75, 3.05) is 11.9 Å². The Morgan fingerprint density at radius 2 is 2.10 bits per heavy atom. The summed E-state index contributed by atoms with van der Waals surface area (Å²) < 4.78 is 39.0. The van der Waals surface area contributed by atoms with Gasteiger partial charge >= 0.3 is 12.2 Å². The highest BCUT2D eigenvalue weighted by Crippen LogP contribution is 2.35. The van der Waals surface area contributed by atoms with Crippen molar-refractivity contribution in [3.8, 4) is 0 Å². The number of amides is 2. The summed E-state index contributed by atoms with van der Waals surface area (Å²) in [6, 6.07) is -0.418. The van der Waals surface area contributed by atoms with Crippen molar-refractivity contribution in [3.63, 3.8) is 0 Å². The zero-order chi connectivity index (χ0) is 15.9. The molecular weight excluding hydrogens is 287 g/mol. The Hall–Kier alpha value is -2.09. The van der Waals surface area contributed by atoms with Crippen molar-refractivity contribution in [2.24, 2.45) is 0 Å². The van der Waals surface area contributed by atoms with Gasteiger partial charge in [-0.1, -0.05) is 12.7 Å². The van der Waals surface area contributed by atoms with E-state index < -0.39 is 30.0 Å². The van der Waals surface area contributed by atoms with Gasteiger partial charge in [-0.2, -0.15) is 13.2 Å². The number of carbonyl (C=O) groups is 1. The van der Waals surface area contributed by atoms with E-state index in [1.807, 2.05) is 0 Å². The minimum absolute atomic E-state index is 0.186. The topological polar surface area (TPSA) is 56.7 Å². The van der Waals surface area contributed by atoms with E-state index in [-0.39, 0.29) is 11.4 Å². The van der Waals surface area contributed by atoms with Gasteiger partial charge in [-0.3, -0.25) is 0 Å². The van der Waals surface area contributed by atoms with Crippen molar-refractivity contribution < 1.29 is 23.1 Å². The van der Waals surface area contributed by atoms with Crippen LogP contribution in [0, 0.1) is 0 Å². The van der Waals surface area contributed by atoms with Crippen LogP contribution in [0.3, 0.4) is 0 Å². The third-order valence-corrected chi connectivity index (χ3v) is 3.51. The molecule has 5 nitrogen and oxygen atoms in total. The lowest BCUT2D eigenvalue weighted by Gasteiger charge is -2.20. The van der Waals surface area contributed by atoms with Gasteiger partial charge < -0.3 is 10.0 Å². The summed E-state index contributed by atoms with van der Waals surface area (Å²) in [6.07, 6.45) is -3.84. The first kappa shape index (κ1) is 15.3. The van der Waals surface area contributed by atoms with Gasteiger partial charge in [0.1, 0.15) is 5.82 Å². The van der Waals surface area contributed by atoms with E-state index in [1.165, 1.54) is 11.9 Å². The number of hydrogen-bond donors (Lipinski definition) is 1. The molecule has 1 N–H and O–H groups in total. The van der Waals surface area contributed by atoms with Gasteiger partial charge in [0.15, 0.2) is 6.23 Å². The monoisotopic (exact) mass is 301 g/mol. The SMILES string of the molecule is C=Cc1cnc(N2C(=O)N(C)C(C)C2O)cc1C(F)(F)F. The molecule has 1 aromatic rings. The van der Waals surface area contributed by atoms with Crippen LogP contribution >= 0.6 is 0 Å². The second-order valence-corrected chi connectivity index (χ2v) is 4.75. The maximum absolute atomic E-state index is 13.0. The molecule has 1 aromatic heterocycles. The summed E-state index contributed by atoms with van der Waals surface area (Å²) >= 11 is 0. The Kier molecular flexibility index (Phi) is 3.66. The van der Waals surface area contributed by atoms with Crippen LogP contribution in [0.15, 0.2) is 18.8 Å². The minimum Gasteiger partial charge on any atom is -0.371 e. The number of rotatable bonds is 2. The Labute approximate surface area is 119 Å². The van der Waals surface area contributed by atoms with Crippen LogP contribution < -0.4 is 4.90 Å². The normalized spacial score (nSPS) is 22.9. The fraction of sp³-hybridized carbons (Fsp3) is 0.385. The van der Waals surface area contributed by atoms with Crippen molar-refractivity contribution in [3.05, 3.63) is 30.0 Å². The van der Waals surface area contributed by atoms with E-state index in [9.17, 15) is 23.1 Å². The molecular formula is C13H14F3N3O2. The molecule has 1 saturated heterocycles. The molecule has 1 fully saturated rings. The number of aliphatic hydroxyl groups is 1. The number of aliphatic hydroxyl groups excluding tert-OH is 1. The number of aromatic nitrogens is 1. The molecule has 2 rings (SSSR count). The summed E-state index contributed by atoms with van der Waals surface area (Å²) in [5.41, 5.74) is -1.14. The first-order valence-corrected chi connectivity index (χ1v) is 6.12. The van der Waals surface area contributed by atoms with Crippen molar-refractivity contribution in [1.82, 2.24) is 9.88 Å². The fourth-order valence-corrected chi connectivity index (χ4v) is 2.10. The number of alkyl halides is 3. The zero-order valence-corrected chi connectivity index (χ0v) is 11.4. The number of hydrogen-bond acceptors (Lipinski definition) is 3. The molecule has 0 radical (unpaired) electrons. The molecule has 0 spiro atoms. The van der Waals surface area contributed by atoms with Gasteiger partial charge in [-0.25, -0.2) is 14.7 Å². The number of pyridine rings is 1. The second-order valence-electron chi connectivity index (χ2n) is 4.75. The number of urea groups is 1. The first-order valence-electron chi connectivity index (χ1n) is 6.12. The molecule has 0 aromatic carbocycles. The van der Waals surface area contributed by atoms with Crippen LogP contribution in [-0.2, 0) is 6.18 Å². The van der Waals surface area contributed by atoms with Crippen molar-refractivity contribution in [2.45, 2.75) is 25.4 Å². The Morgan fingerprint density at radius 1 is 1.48 bits per heavy atom. The van der Waals surface area contributed by atoms with E-state index in [0.717, 1.165) is 23.2 Å². The smallest absolute Gasteiger partial charge is 0.371 e. The van der Waals surface area contributed by atoms with Crippen LogP contribution in [0.5, 0.6) is 0 Å². The summed E-state index contributed by atoms with van der Waals surface area (Å²) in [7, 11) is 1.46. The zero-order valence-electron chi connectivity index (χ0n) is 11.4. The predicted octanol–water partition coefficient (Wildman–Crippen LogP) is 2.32. The number of anilines is 1. The van der Waals surface area contributed by atoms with E-state index >= 15 is 0 Å². The second kappa shape index (κ2) is 5.03. The highest BCUT2D eigenvalue weighted by molar-refractivity contribution is 5.94. The standard InChI is InChI=1S/C13H14F3N3O2/c1-4-8-6-17-10(5-9(8)13(14,15)16)19-11(20)7(2)18(3)12(19)21/h4-7,11,20H,1H2,2-3H3. The van der Waals surface area contributed by atoms with E-state index in [2.05, 4.69) is 11.6 Å². The number of halogens is 3. The Balaban J connectivity index is 2.51. The molecule has 1 aliphatic rings. The van der Waals surface area contributed by atoms with Gasteiger partial charge in [0.2, 0.25) is 0 Å². The van der Waals surface area contributed by atoms with Gasteiger partial charge in [-0.15, -0.1) is 0 Å². The van der Waals surface area contributed by atoms with Crippen LogP contribution in [0.2, 0.25) is 0 Å². The van der Waals surface area contributed by atoms with Gasteiger partial charge in [0, 0.05) is 18.8 Å². The lowest BCUT2D eigenvalue weighted by molar-refractivity contribution is -0.137. The van der Waals surface area contributed by atoms with Crippen LogP contribution in [-0.4, -0.2) is 40.3 Å². The van der Waals surface area contributed by atoms with Crippen LogP contribution in [0.1, 0.15) is 18.1 Å². The maximum Gasteiger partial charge on any atom is 0.417 e. The lowest BCUT2D eigenvalue weighted by atomic mass is 10.1. The fourth-order valence-electron chi connectivity index (χ4n) is 2.10. The number of likely N-dealkylation sites (N-methyl/N-ethyl adjacent to an activating group) is 1.